The highest BCUT2D eigenvalue weighted by Crippen LogP contribution is 2.09. The highest BCUT2D eigenvalue weighted by Gasteiger charge is 2.05. The van der Waals surface area contributed by atoms with Crippen LogP contribution in [0.3, 0.4) is 0 Å². The molecule has 0 heterocycles. The minimum Gasteiger partial charge on any atom is -0.329 e. The highest BCUT2D eigenvalue weighted by molar-refractivity contribution is 5.18. The van der Waals surface area contributed by atoms with Crippen LogP contribution in [0.1, 0.15) is 22.3 Å². The van der Waals surface area contributed by atoms with Gasteiger partial charge in [0.15, 0.2) is 0 Å². The fraction of sp³-hybridized carbons (Fsp3) is 0.200. The van der Waals surface area contributed by atoms with Crippen LogP contribution >= 0.6 is 0 Å². The first-order chi connectivity index (χ1) is 16.3. The average Bonchev–Trinajstić information content (AvgIpc) is 2.87. The predicted octanol–water partition coefficient (Wildman–Crippen LogP) is 5.62. The van der Waals surface area contributed by atoms with Crippen LogP contribution in [0, 0.1) is 0 Å². The van der Waals surface area contributed by atoms with Crippen molar-refractivity contribution in [2.45, 2.75) is 26.2 Å². The van der Waals surface area contributed by atoms with E-state index in [1.54, 1.807) is 0 Å². The van der Waals surface area contributed by atoms with E-state index in [2.05, 4.69) is 107 Å². The maximum Gasteiger partial charge on any atom is 0.0237 e. The summed E-state index contributed by atoms with van der Waals surface area (Å²) in [7, 11) is 0. The van der Waals surface area contributed by atoms with Crippen molar-refractivity contribution in [2.24, 2.45) is 5.73 Å². The number of hydrogen-bond donors (Lipinski definition) is 2. The zero-order valence-electron chi connectivity index (χ0n) is 19.3. The van der Waals surface area contributed by atoms with Crippen molar-refractivity contribution >= 4 is 0 Å². The van der Waals surface area contributed by atoms with Crippen molar-refractivity contribution in [3.8, 4) is 0 Å². The van der Waals surface area contributed by atoms with E-state index in [0.717, 1.165) is 32.7 Å². The minimum absolute atomic E-state index is 0.694. The van der Waals surface area contributed by atoms with Gasteiger partial charge in [-0.2, -0.15) is 0 Å². The first kappa shape index (κ1) is 24.4. The Labute approximate surface area is 198 Å². The smallest absolute Gasteiger partial charge is 0.0237 e. The van der Waals surface area contributed by atoms with Crippen LogP contribution in [-0.2, 0) is 26.2 Å². The first-order valence-corrected chi connectivity index (χ1v) is 11.6. The van der Waals surface area contributed by atoms with Gasteiger partial charge < -0.3 is 11.1 Å². The number of hydrogen-bond acceptors (Lipinski definition) is 3. The summed E-state index contributed by atoms with van der Waals surface area (Å²) in [4.78, 5) is 2.38. The topological polar surface area (TPSA) is 41.3 Å². The van der Waals surface area contributed by atoms with Gasteiger partial charge in [0.05, 0.1) is 0 Å². The van der Waals surface area contributed by atoms with E-state index in [4.69, 9.17) is 5.73 Å². The van der Waals surface area contributed by atoms with E-state index in [1.807, 2.05) is 24.3 Å². The fourth-order valence-electron chi connectivity index (χ4n) is 3.62. The minimum atomic E-state index is 0.694. The molecule has 3 N–H and O–H groups in total. The molecule has 0 aliphatic carbocycles. The van der Waals surface area contributed by atoms with E-state index in [-0.39, 0.29) is 0 Å². The Balaban J connectivity index is 0.000000189. The molecule has 4 aromatic carbocycles. The Morgan fingerprint density at radius 1 is 0.485 bits per heavy atom. The molecule has 0 saturated carbocycles. The normalized spacial score (nSPS) is 10.5. The summed E-state index contributed by atoms with van der Waals surface area (Å²) in [6.07, 6.45) is 0. The molecule has 0 unspecified atom stereocenters. The Morgan fingerprint density at radius 3 is 1.15 bits per heavy atom. The molecule has 0 aliphatic rings. The van der Waals surface area contributed by atoms with Gasteiger partial charge in [-0.25, -0.2) is 0 Å². The van der Waals surface area contributed by atoms with Crippen LogP contribution < -0.4 is 11.1 Å². The van der Waals surface area contributed by atoms with Crippen molar-refractivity contribution in [2.75, 3.05) is 13.1 Å². The standard InChI is InChI=1S/C16H20N2.C14H15N/c17-11-12-18(13-15-7-3-1-4-8-15)14-16-9-5-2-6-10-16;1-3-7-13(8-4-1)11-15-12-14-9-5-2-6-10-14/h1-10H,11-14,17H2;1-10,15H,11-12H2. The van der Waals surface area contributed by atoms with Crippen molar-refractivity contribution < 1.29 is 0 Å². The van der Waals surface area contributed by atoms with Gasteiger partial charge in [0.1, 0.15) is 0 Å². The number of nitrogens with one attached hydrogen (secondary N) is 1. The monoisotopic (exact) mass is 437 g/mol. The molecule has 0 aliphatic heterocycles. The lowest BCUT2D eigenvalue weighted by atomic mass is 10.1. The maximum atomic E-state index is 5.70. The first-order valence-electron chi connectivity index (χ1n) is 11.6. The molecule has 4 aromatic rings. The fourth-order valence-corrected chi connectivity index (χ4v) is 3.62. The lowest BCUT2D eigenvalue weighted by molar-refractivity contribution is 0.264. The maximum absolute atomic E-state index is 5.70. The molecule has 0 aromatic heterocycles. The largest absolute Gasteiger partial charge is 0.329 e. The molecule has 0 atom stereocenters. The van der Waals surface area contributed by atoms with Crippen molar-refractivity contribution in [1.82, 2.24) is 10.2 Å². The average molecular weight is 438 g/mol. The van der Waals surface area contributed by atoms with Crippen LogP contribution in [0.15, 0.2) is 121 Å². The molecule has 0 spiro atoms. The van der Waals surface area contributed by atoms with Crippen LogP contribution in [0.25, 0.3) is 0 Å². The van der Waals surface area contributed by atoms with Gasteiger partial charge >= 0.3 is 0 Å². The number of rotatable bonds is 10. The van der Waals surface area contributed by atoms with Crippen LogP contribution in [-0.4, -0.2) is 18.0 Å². The molecule has 33 heavy (non-hydrogen) atoms. The second-order valence-electron chi connectivity index (χ2n) is 8.05. The number of nitrogens with zero attached hydrogens (tertiary/aromatic N) is 1. The summed E-state index contributed by atoms with van der Waals surface area (Å²) < 4.78 is 0. The summed E-state index contributed by atoms with van der Waals surface area (Å²) in [5, 5.41) is 3.42. The Bertz CT molecular complexity index is 909. The summed E-state index contributed by atoms with van der Waals surface area (Å²) >= 11 is 0. The molecular weight excluding hydrogens is 402 g/mol. The molecule has 3 heteroatoms. The summed E-state index contributed by atoms with van der Waals surface area (Å²) in [5.41, 5.74) is 11.0. The molecule has 0 fully saturated rings. The third-order valence-corrected chi connectivity index (χ3v) is 5.29. The van der Waals surface area contributed by atoms with E-state index in [9.17, 15) is 0 Å². The van der Waals surface area contributed by atoms with Crippen molar-refractivity contribution in [3.63, 3.8) is 0 Å². The molecule has 0 saturated heterocycles. The van der Waals surface area contributed by atoms with Crippen LogP contribution in [0.4, 0.5) is 0 Å². The highest BCUT2D eigenvalue weighted by atomic mass is 15.1. The number of benzene rings is 4. The Hall–Kier alpha value is -3.24. The van der Waals surface area contributed by atoms with Gasteiger partial charge in [-0.15, -0.1) is 0 Å². The lowest BCUT2D eigenvalue weighted by Crippen LogP contribution is -2.28. The molecular formula is C30H35N3. The second kappa shape index (κ2) is 14.8. The van der Waals surface area contributed by atoms with Crippen molar-refractivity contribution in [3.05, 3.63) is 144 Å². The van der Waals surface area contributed by atoms with Gasteiger partial charge in [-0.05, 0) is 22.3 Å². The number of nitrogens with two attached hydrogens (primary N) is 1. The SMILES string of the molecule is NCCN(Cc1ccccc1)Cc1ccccc1.c1ccc(CNCc2ccccc2)cc1. The van der Waals surface area contributed by atoms with E-state index >= 15 is 0 Å². The molecule has 170 valence electrons. The third-order valence-electron chi connectivity index (χ3n) is 5.29. The molecule has 0 amide bonds. The molecule has 3 nitrogen and oxygen atoms in total. The Kier molecular flexibility index (Phi) is 10.9. The molecule has 0 bridgehead atoms. The van der Waals surface area contributed by atoms with Crippen molar-refractivity contribution in [1.29, 1.82) is 0 Å². The van der Waals surface area contributed by atoms with Gasteiger partial charge in [0, 0.05) is 39.3 Å². The summed E-state index contributed by atoms with van der Waals surface area (Å²) in [5.74, 6) is 0. The van der Waals surface area contributed by atoms with Crippen LogP contribution in [0.5, 0.6) is 0 Å². The van der Waals surface area contributed by atoms with Gasteiger partial charge in [-0.3, -0.25) is 4.90 Å². The van der Waals surface area contributed by atoms with Gasteiger partial charge in [-0.1, -0.05) is 121 Å². The van der Waals surface area contributed by atoms with Gasteiger partial charge in [0.25, 0.3) is 0 Å². The van der Waals surface area contributed by atoms with Gasteiger partial charge in [0.2, 0.25) is 0 Å². The zero-order valence-corrected chi connectivity index (χ0v) is 19.3. The predicted molar refractivity (Wildman–Crippen MR) is 139 cm³/mol. The Morgan fingerprint density at radius 2 is 0.818 bits per heavy atom. The lowest BCUT2D eigenvalue weighted by Gasteiger charge is -2.21. The van der Waals surface area contributed by atoms with E-state index in [1.165, 1.54) is 22.3 Å². The van der Waals surface area contributed by atoms with E-state index < -0.39 is 0 Å². The zero-order chi connectivity index (χ0) is 23.0. The summed E-state index contributed by atoms with van der Waals surface area (Å²) in [6, 6.07) is 42.0. The second-order valence-corrected chi connectivity index (χ2v) is 8.05. The molecule has 4 rings (SSSR count). The third kappa shape index (κ3) is 9.84. The van der Waals surface area contributed by atoms with E-state index in [0.29, 0.717) is 6.54 Å². The summed E-state index contributed by atoms with van der Waals surface area (Å²) in [6.45, 7) is 5.37. The molecule has 0 radical (unpaired) electrons. The quantitative estimate of drug-likeness (QED) is 0.338. The van der Waals surface area contributed by atoms with Crippen LogP contribution in [0.2, 0.25) is 0 Å².